The maximum absolute atomic E-state index is 14.3. The van der Waals surface area contributed by atoms with Gasteiger partial charge in [0.1, 0.15) is 0 Å². The maximum atomic E-state index is 14.3. The molecule has 0 aromatic heterocycles. The first-order valence-electron chi connectivity index (χ1n) is 7.69. The van der Waals surface area contributed by atoms with Crippen molar-refractivity contribution in [2.24, 2.45) is 5.41 Å². The third-order valence-electron chi connectivity index (χ3n) is 4.84. The largest absolute Gasteiger partial charge is 0.345 e. The first-order valence-corrected chi connectivity index (χ1v) is 7.69. The number of carbonyl (C=O) groups is 1. The Bertz CT molecular complexity index is 670. The van der Waals surface area contributed by atoms with Crippen LogP contribution in [0.2, 0.25) is 0 Å². The summed E-state index contributed by atoms with van der Waals surface area (Å²) < 4.78 is 28.5. The van der Waals surface area contributed by atoms with Crippen LogP contribution in [0.4, 0.5) is 8.78 Å². The van der Waals surface area contributed by atoms with Gasteiger partial charge in [-0.05, 0) is 18.1 Å². The molecular formula is C17H19F2N3O. The number of likely N-dealkylation sites (tertiary alicyclic amines) is 2. The van der Waals surface area contributed by atoms with Crippen molar-refractivity contribution in [3.05, 3.63) is 35.4 Å². The number of hydrogen-bond donors (Lipinski definition) is 0. The third kappa shape index (κ3) is 2.93. The fourth-order valence-electron chi connectivity index (χ4n) is 3.84. The first-order chi connectivity index (χ1) is 10.9. The highest BCUT2D eigenvalue weighted by molar-refractivity contribution is 5.85. The van der Waals surface area contributed by atoms with E-state index in [-0.39, 0.29) is 25.4 Å². The lowest BCUT2D eigenvalue weighted by Crippen LogP contribution is -2.55. The van der Waals surface area contributed by atoms with Crippen LogP contribution in [0.25, 0.3) is 0 Å². The quantitative estimate of drug-likeness (QED) is 0.840. The summed E-state index contributed by atoms with van der Waals surface area (Å²) in [6.45, 7) is 0.743. The van der Waals surface area contributed by atoms with Gasteiger partial charge in [0, 0.05) is 33.1 Å². The molecule has 0 N–H and O–H groups in total. The minimum Gasteiger partial charge on any atom is -0.345 e. The SMILES string of the molecule is CN1CC[C@]2(CN(Cc3ccccc3C#N)CC(F)(F)C2)C1=O. The molecule has 23 heavy (non-hydrogen) atoms. The second kappa shape index (κ2) is 5.57. The number of hydrogen-bond acceptors (Lipinski definition) is 3. The third-order valence-corrected chi connectivity index (χ3v) is 4.84. The number of alkyl halides is 2. The highest BCUT2D eigenvalue weighted by Gasteiger charge is 2.56. The average molecular weight is 319 g/mol. The van der Waals surface area contributed by atoms with E-state index in [4.69, 9.17) is 5.26 Å². The Hall–Kier alpha value is -2.00. The summed E-state index contributed by atoms with van der Waals surface area (Å²) in [5.74, 6) is -3.07. The van der Waals surface area contributed by atoms with Crippen molar-refractivity contribution in [1.29, 1.82) is 5.26 Å². The lowest BCUT2D eigenvalue weighted by molar-refractivity contribution is -0.154. The van der Waals surface area contributed by atoms with Crippen LogP contribution in [0.3, 0.4) is 0 Å². The maximum Gasteiger partial charge on any atom is 0.261 e. The summed E-state index contributed by atoms with van der Waals surface area (Å²) in [4.78, 5) is 15.6. The van der Waals surface area contributed by atoms with Crippen LogP contribution in [-0.2, 0) is 11.3 Å². The number of halogens is 2. The van der Waals surface area contributed by atoms with Gasteiger partial charge in [-0.3, -0.25) is 9.69 Å². The van der Waals surface area contributed by atoms with Gasteiger partial charge in [-0.2, -0.15) is 5.26 Å². The van der Waals surface area contributed by atoms with Gasteiger partial charge in [0.2, 0.25) is 5.91 Å². The van der Waals surface area contributed by atoms with Crippen molar-refractivity contribution in [2.75, 3.05) is 26.7 Å². The molecule has 0 aliphatic carbocycles. The Morgan fingerprint density at radius 1 is 1.30 bits per heavy atom. The Balaban J connectivity index is 1.86. The zero-order chi connectivity index (χ0) is 16.7. The molecule has 2 aliphatic heterocycles. The van der Waals surface area contributed by atoms with E-state index in [2.05, 4.69) is 6.07 Å². The van der Waals surface area contributed by atoms with Gasteiger partial charge in [0.25, 0.3) is 5.92 Å². The van der Waals surface area contributed by atoms with E-state index in [1.807, 2.05) is 0 Å². The normalized spacial score (nSPS) is 27.4. The van der Waals surface area contributed by atoms with Crippen molar-refractivity contribution >= 4 is 5.91 Å². The zero-order valence-electron chi connectivity index (χ0n) is 13.1. The molecule has 0 saturated carbocycles. The zero-order valence-corrected chi connectivity index (χ0v) is 13.1. The summed E-state index contributed by atoms with van der Waals surface area (Å²) in [5, 5.41) is 9.15. The summed E-state index contributed by atoms with van der Waals surface area (Å²) in [5.41, 5.74) is 0.227. The number of benzene rings is 1. The summed E-state index contributed by atoms with van der Waals surface area (Å²) in [6, 6.07) is 9.10. The Morgan fingerprint density at radius 3 is 2.70 bits per heavy atom. The number of carbonyl (C=O) groups excluding carboxylic acids is 1. The number of amides is 1. The lowest BCUT2D eigenvalue weighted by Gasteiger charge is -2.42. The molecule has 2 aliphatic rings. The van der Waals surface area contributed by atoms with E-state index in [1.165, 1.54) is 0 Å². The lowest BCUT2D eigenvalue weighted by atomic mass is 9.77. The minimum atomic E-state index is -2.89. The number of piperidine rings is 1. The van der Waals surface area contributed by atoms with Crippen molar-refractivity contribution in [2.45, 2.75) is 25.3 Å². The topological polar surface area (TPSA) is 47.3 Å². The van der Waals surface area contributed by atoms with Gasteiger partial charge >= 0.3 is 0 Å². The van der Waals surface area contributed by atoms with Crippen LogP contribution in [0, 0.1) is 16.7 Å². The molecule has 2 saturated heterocycles. The smallest absolute Gasteiger partial charge is 0.261 e. The Labute approximate surface area is 134 Å². The predicted molar refractivity (Wildman–Crippen MR) is 80.7 cm³/mol. The van der Waals surface area contributed by atoms with Gasteiger partial charge < -0.3 is 4.90 Å². The van der Waals surface area contributed by atoms with Gasteiger partial charge in [-0.25, -0.2) is 8.78 Å². The minimum absolute atomic E-state index is 0.185. The second-order valence-electron chi connectivity index (χ2n) is 6.70. The van der Waals surface area contributed by atoms with Gasteiger partial charge in [0.05, 0.1) is 23.6 Å². The molecule has 6 heteroatoms. The molecule has 0 unspecified atom stereocenters. The van der Waals surface area contributed by atoms with E-state index in [0.717, 1.165) is 5.56 Å². The van der Waals surface area contributed by atoms with Crippen LogP contribution in [-0.4, -0.2) is 48.3 Å². The molecule has 1 spiro atoms. The monoisotopic (exact) mass is 319 g/mol. The van der Waals surface area contributed by atoms with E-state index in [9.17, 15) is 13.6 Å². The molecule has 1 amide bonds. The number of nitriles is 1. The van der Waals surface area contributed by atoms with Gasteiger partial charge in [0.15, 0.2) is 0 Å². The summed E-state index contributed by atoms with van der Waals surface area (Å²) in [7, 11) is 1.67. The highest BCUT2D eigenvalue weighted by atomic mass is 19.3. The van der Waals surface area contributed by atoms with Gasteiger partial charge in [-0.15, -0.1) is 0 Å². The van der Waals surface area contributed by atoms with Gasteiger partial charge in [-0.1, -0.05) is 18.2 Å². The van der Waals surface area contributed by atoms with Crippen molar-refractivity contribution in [3.8, 4) is 6.07 Å². The highest BCUT2D eigenvalue weighted by Crippen LogP contribution is 2.45. The fraction of sp³-hybridized carbons (Fsp3) is 0.529. The van der Waals surface area contributed by atoms with Crippen LogP contribution in [0.15, 0.2) is 24.3 Å². The fourth-order valence-corrected chi connectivity index (χ4v) is 3.84. The summed E-state index contributed by atoms with van der Waals surface area (Å²) in [6.07, 6.45) is 0.0912. The molecule has 1 aromatic rings. The molecular weight excluding hydrogens is 300 g/mol. The van der Waals surface area contributed by atoms with Crippen molar-refractivity contribution in [1.82, 2.24) is 9.80 Å². The molecule has 0 radical (unpaired) electrons. The molecule has 1 atom stereocenters. The molecule has 2 fully saturated rings. The van der Waals surface area contributed by atoms with Crippen LogP contribution >= 0.6 is 0 Å². The van der Waals surface area contributed by atoms with E-state index in [0.29, 0.717) is 25.1 Å². The molecule has 3 rings (SSSR count). The molecule has 122 valence electrons. The summed E-state index contributed by atoms with van der Waals surface area (Å²) >= 11 is 0. The molecule has 4 nitrogen and oxygen atoms in total. The second-order valence-corrected chi connectivity index (χ2v) is 6.70. The average Bonchev–Trinajstić information content (AvgIpc) is 2.74. The van der Waals surface area contributed by atoms with Crippen molar-refractivity contribution < 1.29 is 13.6 Å². The van der Waals surface area contributed by atoms with Crippen LogP contribution in [0.5, 0.6) is 0 Å². The Kier molecular flexibility index (Phi) is 3.85. The first kappa shape index (κ1) is 15.9. The van der Waals surface area contributed by atoms with Crippen molar-refractivity contribution in [3.63, 3.8) is 0 Å². The standard InChI is InChI=1S/C17H19F2N3O/c1-21-7-6-16(15(21)23)10-17(18,19)12-22(11-16)9-14-5-3-2-4-13(14)8-20/h2-5H,6-7,9-12H2,1H3/t16-/m0/s1. The molecule has 0 bridgehead atoms. The Morgan fingerprint density at radius 2 is 2.04 bits per heavy atom. The van der Waals surface area contributed by atoms with Crippen LogP contribution in [0.1, 0.15) is 24.0 Å². The van der Waals surface area contributed by atoms with E-state index >= 15 is 0 Å². The van der Waals surface area contributed by atoms with E-state index in [1.54, 1.807) is 41.1 Å². The number of nitrogens with zero attached hydrogens (tertiary/aromatic N) is 3. The molecule has 1 aromatic carbocycles. The molecule has 2 heterocycles. The predicted octanol–water partition coefficient (Wildman–Crippen LogP) is 2.25. The van der Waals surface area contributed by atoms with E-state index < -0.39 is 11.3 Å². The van der Waals surface area contributed by atoms with Crippen LogP contribution < -0.4 is 0 Å². The number of rotatable bonds is 2.